The molecule has 0 unspecified atom stereocenters. The van der Waals surface area contributed by atoms with Crippen LogP contribution in [-0.2, 0) is 4.74 Å². The first-order chi connectivity index (χ1) is 22.0. The van der Waals surface area contributed by atoms with Gasteiger partial charge in [-0.15, -0.1) is 0 Å². The third-order valence-corrected chi connectivity index (χ3v) is 9.30. The molecule has 0 heterocycles. The molecule has 0 bridgehead atoms. The van der Waals surface area contributed by atoms with Crippen LogP contribution in [0.2, 0.25) is 5.02 Å². The van der Waals surface area contributed by atoms with Gasteiger partial charge in [0.15, 0.2) is 5.78 Å². The Bertz CT molecular complexity index is 1720. The number of carbonyl (C=O) groups excluding carboxylic acids is 2. The lowest BCUT2D eigenvalue weighted by molar-refractivity contribution is 0.0881. The van der Waals surface area contributed by atoms with Crippen molar-refractivity contribution in [1.82, 2.24) is 5.32 Å². The molecule has 5 heteroatoms. The molecule has 1 N–H and O–H groups in total. The van der Waals surface area contributed by atoms with Gasteiger partial charge in [0.25, 0.3) is 0 Å². The number of fused-ring (bicyclic) bond motifs is 3. The van der Waals surface area contributed by atoms with E-state index < -0.39 is 12.1 Å². The number of nitrogens with one attached hydrogen (secondary N) is 1. The maximum Gasteiger partial charge on any atom is 0.407 e. The van der Waals surface area contributed by atoms with E-state index in [9.17, 15) is 9.59 Å². The number of Topliss-reactive ketones (excluding diaryl/α,β-unsaturated/α-hetero) is 1. The van der Waals surface area contributed by atoms with Gasteiger partial charge in [-0.25, -0.2) is 4.79 Å². The summed E-state index contributed by atoms with van der Waals surface area (Å²) in [6.45, 7) is 4.15. The van der Waals surface area contributed by atoms with E-state index in [4.69, 9.17) is 16.3 Å². The van der Waals surface area contributed by atoms with Gasteiger partial charge in [0.2, 0.25) is 0 Å². The first-order valence-electron chi connectivity index (χ1n) is 15.5. The van der Waals surface area contributed by atoms with Gasteiger partial charge in [-0.05, 0) is 50.9 Å². The van der Waals surface area contributed by atoms with Crippen molar-refractivity contribution in [3.8, 4) is 11.1 Å². The quantitative estimate of drug-likeness (QED) is 0.126. The molecular formula is C40H36ClNO3. The number of alkyl carbamates (subject to hydrolysis) is 1. The number of carbonyl (C=O) groups is 2. The SMILES string of the molecule is CC[C@H](C)[C@H](NC(=O)OCC1c2ccccc2-c2ccccc21)C(=O)c1ccc(C(c2ccccc2)c2ccccc2)c(Cl)c1. The lowest BCUT2D eigenvalue weighted by Crippen LogP contribution is -2.45. The summed E-state index contributed by atoms with van der Waals surface area (Å²) in [5.41, 5.74) is 8.19. The van der Waals surface area contributed by atoms with Gasteiger partial charge >= 0.3 is 6.09 Å². The molecule has 5 aromatic rings. The van der Waals surface area contributed by atoms with E-state index in [1.807, 2.05) is 86.6 Å². The van der Waals surface area contributed by atoms with Gasteiger partial charge in [-0.2, -0.15) is 0 Å². The summed E-state index contributed by atoms with van der Waals surface area (Å²) in [5, 5.41) is 3.40. The molecule has 2 atom stereocenters. The van der Waals surface area contributed by atoms with Crippen LogP contribution in [0.3, 0.4) is 0 Å². The highest BCUT2D eigenvalue weighted by Gasteiger charge is 2.32. The van der Waals surface area contributed by atoms with Crippen molar-refractivity contribution >= 4 is 23.5 Å². The molecule has 6 rings (SSSR count). The van der Waals surface area contributed by atoms with Crippen molar-refractivity contribution in [2.45, 2.75) is 38.1 Å². The van der Waals surface area contributed by atoms with Crippen LogP contribution in [-0.4, -0.2) is 24.5 Å². The number of ketones is 1. The summed E-state index contributed by atoms with van der Waals surface area (Å²) >= 11 is 6.93. The third-order valence-electron chi connectivity index (χ3n) is 8.97. The monoisotopic (exact) mass is 613 g/mol. The zero-order valence-corrected chi connectivity index (χ0v) is 26.2. The predicted octanol–water partition coefficient (Wildman–Crippen LogP) is 9.66. The molecule has 4 nitrogen and oxygen atoms in total. The summed E-state index contributed by atoms with van der Waals surface area (Å²) in [4.78, 5) is 27.1. The summed E-state index contributed by atoms with van der Waals surface area (Å²) in [5.74, 6) is -0.456. The second-order valence-electron chi connectivity index (χ2n) is 11.7. The molecule has 0 saturated carbocycles. The first-order valence-corrected chi connectivity index (χ1v) is 15.9. The van der Waals surface area contributed by atoms with Crippen molar-refractivity contribution in [1.29, 1.82) is 0 Å². The Morgan fingerprint density at radius 1 is 0.756 bits per heavy atom. The molecule has 0 aromatic heterocycles. The van der Waals surface area contributed by atoms with E-state index in [2.05, 4.69) is 53.8 Å². The van der Waals surface area contributed by atoms with Gasteiger partial charge in [0.1, 0.15) is 6.61 Å². The van der Waals surface area contributed by atoms with E-state index in [0.717, 1.165) is 38.9 Å². The van der Waals surface area contributed by atoms with Crippen LogP contribution in [0, 0.1) is 5.92 Å². The minimum absolute atomic E-state index is 0.0607. The molecular weight excluding hydrogens is 578 g/mol. The Hall–Kier alpha value is -4.67. The lowest BCUT2D eigenvalue weighted by atomic mass is 9.84. The van der Waals surface area contributed by atoms with Gasteiger partial charge in [-0.3, -0.25) is 4.79 Å². The number of hydrogen-bond acceptors (Lipinski definition) is 3. The van der Waals surface area contributed by atoms with E-state index in [-0.39, 0.29) is 30.1 Å². The number of rotatable bonds is 10. The molecule has 5 aromatic carbocycles. The highest BCUT2D eigenvalue weighted by molar-refractivity contribution is 6.32. The Kier molecular flexibility index (Phi) is 9.13. The second-order valence-corrected chi connectivity index (χ2v) is 12.1. The largest absolute Gasteiger partial charge is 0.449 e. The standard InChI is InChI=1S/C40H36ClNO3/c1-3-26(2)38(42-40(44)45-25-35-32-20-12-10-18-30(32)31-19-11-13-21-33(31)35)39(43)29-22-23-34(36(41)24-29)37(27-14-6-4-7-15-27)28-16-8-5-9-17-28/h4-24,26,35,37-38H,3,25H2,1-2H3,(H,42,44)/t26-,38-/m0/s1. The van der Waals surface area contributed by atoms with Crippen molar-refractivity contribution in [2.24, 2.45) is 5.92 Å². The van der Waals surface area contributed by atoms with Crippen molar-refractivity contribution < 1.29 is 14.3 Å². The number of halogens is 1. The summed E-state index contributed by atoms with van der Waals surface area (Å²) in [6, 6.07) is 41.6. The van der Waals surface area contributed by atoms with Gasteiger partial charge in [0.05, 0.1) is 6.04 Å². The lowest BCUT2D eigenvalue weighted by Gasteiger charge is -2.24. The molecule has 1 amide bonds. The van der Waals surface area contributed by atoms with E-state index in [1.165, 1.54) is 0 Å². The molecule has 45 heavy (non-hydrogen) atoms. The fraction of sp³-hybridized carbons (Fsp3) is 0.200. The zero-order valence-electron chi connectivity index (χ0n) is 25.5. The van der Waals surface area contributed by atoms with Crippen molar-refractivity contribution in [2.75, 3.05) is 6.61 Å². The average molecular weight is 614 g/mol. The van der Waals surface area contributed by atoms with Crippen molar-refractivity contribution in [3.63, 3.8) is 0 Å². The molecule has 0 aliphatic heterocycles. The molecule has 1 aliphatic carbocycles. The summed E-state index contributed by atoms with van der Waals surface area (Å²) in [6.07, 6.45) is 0.0992. The maximum absolute atomic E-state index is 13.9. The zero-order chi connectivity index (χ0) is 31.3. The highest BCUT2D eigenvalue weighted by atomic mass is 35.5. The maximum atomic E-state index is 13.9. The number of ether oxygens (including phenoxy) is 1. The molecule has 0 fully saturated rings. The molecule has 0 radical (unpaired) electrons. The van der Waals surface area contributed by atoms with E-state index in [1.54, 1.807) is 6.07 Å². The van der Waals surface area contributed by atoms with Crippen LogP contribution in [0.25, 0.3) is 11.1 Å². The van der Waals surface area contributed by atoms with Crippen LogP contribution in [0.5, 0.6) is 0 Å². The van der Waals surface area contributed by atoms with Gasteiger partial charge < -0.3 is 10.1 Å². The molecule has 0 spiro atoms. The van der Waals surface area contributed by atoms with Crippen LogP contribution >= 0.6 is 11.6 Å². The summed E-state index contributed by atoms with van der Waals surface area (Å²) in [7, 11) is 0. The fourth-order valence-corrected chi connectivity index (χ4v) is 6.70. The summed E-state index contributed by atoms with van der Waals surface area (Å²) < 4.78 is 5.79. The Morgan fingerprint density at radius 2 is 1.29 bits per heavy atom. The molecule has 1 aliphatic rings. The minimum Gasteiger partial charge on any atom is -0.449 e. The number of benzene rings is 5. The molecule has 226 valence electrons. The Balaban J connectivity index is 1.20. The Morgan fingerprint density at radius 3 is 1.82 bits per heavy atom. The van der Waals surface area contributed by atoms with Crippen LogP contribution in [0.15, 0.2) is 127 Å². The minimum atomic E-state index is -0.758. The van der Waals surface area contributed by atoms with Gasteiger partial charge in [0, 0.05) is 22.4 Å². The average Bonchev–Trinajstić information content (AvgIpc) is 3.41. The van der Waals surface area contributed by atoms with E-state index in [0.29, 0.717) is 17.0 Å². The highest BCUT2D eigenvalue weighted by Crippen LogP contribution is 2.44. The van der Waals surface area contributed by atoms with Crippen LogP contribution in [0.4, 0.5) is 4.79 Å². The first kappa shape index (κ1) is 30.4. The molecule has 0 saturated heterocycles. The van der Waals surface area contributed by atoms with Crippen LogP contribution < -0.4 is 5.32 Å². The smallest absolute Gasteiger partial charge is 0.407 e. The predicted molar refractivity (Wildman–Crippen MR) is 181 cm³/mol. The third kappa shape index (κ3) is 6.29. The van der Waals surface area contributed by atoms with Gasteiger partial charge in [-0.1, -0.05) is 153 Å². The van der Waals surface area contributed by atoms with Crippen molar-refractivity contribution in [3.05, 3.63) is 166 Å². The second kappa shape index (κ2) is 13.5. The normalized spacial score (nSPS) is 13.5. The number of amides is 1. The number of hydrogen-bond donors (Lipinski definition) is 1. The topological polar surface area (TPSA) is 55.4 Å². The van der Waals surface area contributed by atoms with Crippen LogP contribution in [0.1, 0.15) is 70.3 Å². The van der Waals surface area contributed by atoms with E-state index >= 15 is 0 Å². The Labute approximate surface area is 270 Å². The fourth-order valence-electron chi connectivity index (χ4n) is 6.41.